The second-order valence-electron chi connectivity index (χ2n) is 5.15. The van der Waals surface area contributed by atoms with Crippen molar-refractivity contribution in [3.63, 3.8) is 0 Å². The zero-order chi connectivity index (χ0) is 15.8. The van der Waals surface area contributed by atoms with E-state index in [0.29, 0.717) is 28.2 Å². The molecule has 0 spiro atoms. The number of fused-ring (bicyclic) bond motifs is 2. The van der Waals surface area contributed by atoms with Crippen molar-refractivity contribution >= 4 is 17.1 Å². The van der Waals surface area contributed by atoms with Crippen molar-refractivity contribution in [2.45, 2.75) is 6.92 Å². The molecule has 1 aliphatic heterocycles. The summed E-state index contributed by atoms with van der Waals surface area (Å²) in [5, 5.41) is 4.71. The standard InChI is InChI=1S/C17H13N3O3/c1-11-19-14-8-16-15(22-10-23-16)7-13(14)17(21)20(11)18-9-12-5-3-2-4-6-12/h2-9H,10H2,1H3/b18-9+. The first-order valence-electron chi connectivity index (χ1n) is 7.15. The largest absolute Gasteiger partial charge is 0.454 e. The highest BCUT2D eigenvalue weighted by molar-refractivity contribution is 5.83. The lowest BCUT2D eigenvalue weighted by molar-refractivity contribution is 0.174. The Morgan fingerprint density at radius 2 is 1.91 bits per heavy atom. The van der Waals surface area contributed by atoms with E-state index >= 15 is 0 Å². The van der Waals surface area contributed by atoms with E-state index < -0.39 is 0 Å². The van der Waals surface area contributed by atoms with Gasteiger partial charge in [-0.1, -0.05) is 30.3 Å². The van der Waals surface area contributed by atoms with Crippen LogP contribution in [0.1, 0.15) is 11.4 Å². The van der Waals surface area contributed by atoms with E-state index in [4.69, 9.17) is 9.47 Å². The molecule has 2 heterocycles. The number of rotatable bonds is 2. The molecular weight excluding hydrogens is 294 g/mol. The van der Waals surface area contributed by atoms with Gasteiger partial charge in [0.2, 0.25) is 6.79 Å². The van der Waals surface area contributed by atoms with Gasteiger partial charge >= 0.3 is 0 Å². The molecule has 0 saturated carbocycles. The quantitative estimate of drug-likeness (QED) is 0.682. The van der Waals surface area contributed by atoms with Gasteiger partial charge in [-0.05, 0) is 18.6 Å². The van der Waals surface area contributed by atoms with Gasteiger partial charge in [-0.2, -0.15) is 9.78 Å². The third kappa shape index (κ3) is 2.34. The number of aryl methyl sites for hydroxylation is 1. The Balaban J connectivity index is 1.86. The van der Waals surface area contributed by atoms with Gasteiger partial charge in [-0.25, -0.2) is 4.98 Å². The Morgan fingerprint density at radius 3 is 2.70 bits per heavy atom. The first-order chi connectivity index (χ1) is 11.2. The normalized spacial score (nSPS) is 13.1. The average Bonchev–Trinajstić information content (AvgIpc) is 3.01. The first-order valence-corrected chi connectivity index (χ1v) is 7.15. The molecule has 23 heavy (non-hydrogen) atoms. The highest BCUT2D eigenvalue weighted by Gasteiger charge is 2.17. The van der Waals surface area contributed by atoms with E-state index in [1.54, 1.807) is 25.3 Å². The van der Waals surface area contributed by atoms with Crippen LogP contribution in [0.25, 0.3) is 10.9 Å². The number of ether oxygens (including phenoxy) is 2. The van der Waals surface area contributed by atoms with Crippen LogP contribution in [-0.4, -0.2) is 22.7 Å². The zero-order valence-corrected chi connectivity index (χ0v) is 12.4. The molecule has 0 bridgehead atoms. The Kier molecular flexibility index (Phi) is 3.08. The number of hydrogen-bond acceptors (Lipinski definition) is 5. The molecule has 0 aliphatic carbocycles. The molecular formula is C17H13N3O3. The summed E-state index contributed by atoms with van der Waals surface area (Å²) in [4.78, 5) is 17.1. The summed E-state index contributed by atoms with van der Waals surface area (Å²) in [6.07, 6.45) is 1.63. The van der Waals surface area contributed by atoms with Crippen LogP contribution < -0.4 is 15.0 Å². The minimum Gasteiger partial charge on any atom is -0.454 e. The van der Waals surface area contributed by atoms with Crippen molar-refractivity contribution in [2.24, 2.45) is 5.10 Å². The molecule has 0 atom stereocenters. The summed E-state index contributed by atoms with van der Waals surface area (Å²) >= 11 is 0. The number of aromatic nitrogens is 2. The molecule has 114 valence electrons. The third-order valence-corrected chi connectivity index (χ3v) is 3.62. The fourth-order valence-corrected chi connectivity index (χ4v) is 2.48. The number of benzene rings is 2. The van der Waals surface area contributed by atoms with Crippen LogP contribution in [0.5, 0.6) is 11.5 Å². The molecule has 3 aromatic rings. The van der Waals surface area contributed by atoms with Crippen LogP contribution >= 0.6 is 0 Å². The number of hydrogen-bond donors (Lipinski definition) is 0. The Morgan fingerprint density at radius 1 is 1.17 bits per heavy atom. The number of nitrogens with zero attached hydrogens (tertiary/aromatic N) is 3. The van der Waals surface area contributed by atoms with Gasteiger partial charge in [0, 0.05) is 6.07 Å². The van der Waals surface area contributed by atoms with E-state index in [1.165, 1.54) is 4.68 Å². The first kappa shape index (κ1) is 13.5. The van der Waals surface area contributed by atoms with Crippen molar-refractivity contribution in [1.82, 2.24) is 9.66 Å². The van der Waals surface area contributed by atoms with Crippen LogP contribution in [0.4, 0.5) is 0 Å². The molecule has 0 fully saturated rings. The molecule has 0 radical (unpaired) electrons. The summed E-state index contributed by atoms with van der Waals surface area (Å²) in [5.41, 5.74) is 1.24. The molecule has 0 N–H and O–H groups in total. The Bertz CT molecular complexity index is 978. The summed E-state index contributed by atoms with van der Waals surface area (Å²) in [5.74, 6) is 1.67. The highest BCUT2D eigenvalue weighted by Crippen LogP contribution is 2.34. The molecule has 1 aliphatic rings. The SMILES string of the molecule is Cc1nc2cc3c(cc2c(=O)n1/N=C/c1ccccc1)OCO3. The van der Waals surface area contributed by atoms with E-state index in [9.17, 15) is 4.79 Å². The topological polar surface area (TPSA) is 65.7 Å². The second kappa shape index (κ2) is 5.24. The van der Waals surface area contributed by atoms with Gasteiger partial charge in [0.25, 0.3) is 5.56 Å². The fourth-order valence-electron chi connectivity index (χ4n) is 2.48. The van der Waals surface area contributed by atoms with Crippen molar-refractivity contribution in [3.05, 3.63) is 64.2 Å². The molecule has 6 heteroatoms. The van der Waals surface area contributed by atoms with Crippen LogP contribution in [0.2, 0.25) is 0 Å². The van der Waals surface area contributed by atoms with Crippen molar-refractivity contribution in [2.75, 3.05) is 6.79 Å². The lowest BCUT2D eigenvalue weighted by Crippen LogP contribution is -2.20. The summed E-state index contributed by atoms with van der Waals surface area (Å²) in [6, 6.07) is 13.0. The molecule has 6 nitrogen and oxygen atoms in total. The van der Waals surface area contributed by atoms with Gasteiger partial charge in [-0.15, -0.1) is 0 Å². The lowest BCUT2D eigenvalue weighted by atomic mass is 10.2. The van der Waals surface area contributed by atoms with Crippen LogP contribution in [0.15, 0.2) is 52.4 Å². The monoisotopic (exact) mass is 307 g/mol. The third-order valence-electron chi connectivity index (χ3n) is 3.62. The maximum Gasteiger partial charge on any atom is 0.282 e. The predicted molar refractivity (Wildman–Crippen MR) is 86.3 cm³/mol. The van der Waals surface area contributed by atoms with E-state index in [1.807, 2.05) is 30.3 Å². The van der Waals surface area contributed by atoms with Gasteiger partial charge in [0.05, 0.1) is 17.1 Å². The summed E-state index contributed by atoms with van der Waals surface area (Å²) < 4.78 is 11.9. The predicted octanol–water partition coefficient (Wildman–Crippen LogP) is 2.32. The van der Waals surface area contributed by atoms with Crippen LogP contribution in [-0.2, 0) is 0 Å². The molecule has 1 aromatic heterocycles. The van der Waals surface area contributed by atoms with Gasteiger partial charge in [0.1, 0.15) is 5.82 Å². The van der Waals surface area contributed by atoms with E-state index in [2.05, 4.69) is 10.1 Å². The van der Waals surface area contributed by atoms with Crippen LogP contribution in [0, 0.1) is 6.92 Å². The minimum absolute atomic E-state index is 0.158. The van der Waals surface area contributed by atoms with E-state index in [0.717, 1.165) is 5.56 Å². The highest BCUT2D eigenvalue weighted by atomic mass is 16.7. The average molecular weight is 307 g/mol. The fraction of sp³-hybridized carbons (Fsp3) is 0.118. The van der Waals surface area contributed by atoms with Gasteiger partial charge in [0.15, 0.2) is 11.5 Å². The molecule has 0 unspecified atom stereocenters. The Hall–Kier alpha value is -3.15. The maximum absolute atomic E-state index is 12.7. The summed E-state index contributed by atoms with van der Waals surface area (Å²) in [7, 11) is 0. The second-order valence-corrected chi connectivity index (χ2v) is 5.15. The van der Waals surface area contributed by atoms with Crippen molar-refractivity contribution < 1.29 is 9.47 Å². The molecule has 0 saturated heterocycles. The summed E-state index contributed by atoms with van der Waals surface area (Å²) in [6.45, 7) is 1.90. The van der Waals surface area contributed by atoms with E-state index in [-0.39, 0.29) is 12.4 Å². The van der Waals surface area contributed by atoms with Gasteiger partial charge in [-0.3, -0.25) is 4.79 Å². The van der Waals surface area contributed by atoms with Crippen molar-refractivity contribution in [3.8, 4) is 11.5 Å². The maximum atomic E-state index is 12.7. The minimum atomic E-state index is -0.238. The van der Waals surface area contributed by atoms with Crippen LogP contribution in [0.3, 0.4) is 0 Å². The molecule has 0 amide bonds. The van der Waals surface area contributed by atoms with Crippen molar-refractivity contribution in [1.29, 1.82) is 0 Å². The molecule has 4 rings (SSSR count). The Labute approximate surface area is 131 Å². The van der Waals surface area contributed by atoms with Gasteiger partial charge < -0.3 is 9.47 Å². The zero-order valence-electron chi connectivity index (χ0n) is 12.4. The lowest BCUT2D eigenvalue weighted by Gasteiger charge is -2.06. The molecule has 2 aromatic carbocycles. The smallest absolute Gasteiger partial charge is 0.282 e.